The van der Waals surface area contributed by atoms with Gasteiger partial charge in [0.15, 0.2) is 0 Å². The fourth-order valence-electron chi connectivity index (χ4n) is 10.5. The highest BCUT2D eigenvalue weighted by molar-refractivity contribution is 5.79. The van der Waals surface area contributed by atoms with Gasteiger partial charge in [0.1, 0.15) is 5.78 Å². The van der Waals surface area contributed by atoms with Gasteiger partial charge in [-0.3, -0.25) is 9.78 Å². The molecule has 4 heteroatoms. The fourth-order valence-corrected chi connectivity index (χ4v) is 10.5. The van der Waals surface area contributed by atoms with Crippen LogP contribution in [0.25, 0.3) is 0 Å². The van der Waals surface area contributed by atoms with Gasteiger partial charge in [-0.15, -0.1) is 0 Å². The summed E-state index contributed by atoms with van der Waals surface area (Å²) in [5.74, 6) is 3.25. The van der Waals surface area contributed by atoms with E-state index < -0.39 is 0 Å². The zero-order valence-electron chi connectivity index (χ0n) is 24.1. The van der Waals surface area contributed by atoms with Crippen molar-refractivity contribution in [1.29, 1.82) is 0 Å². The number of pyridine rings is 1. The highest BCUT2D eigenvalue weighted by atomic mass is 16.3. The predicted molar refractivity (Wildman–Crippen MR) is 153 cm³/mol. The summed E-state index contributed by atoms with van der Waals surface area (Å²) in [6.07, 6.45) is 23.8. The molecule has 1 heterocycles. The van der Waals surface area contributed by atoms with Gasteiger partial charge in [-0.2, -0.15) is 0 Å². The van der Waals surface area contributed by atoms with Crippen LogP contribution in [0.5, 0.6) is 0 Å². The highest BCUT2D eigenvalue weighted by Crippen LogP contribution is 2.67. The summed E-state index contributed by atoms with van der Waals surface area (Å²) in [4.78, 5) is 17.0. The lowest BCUT2D eigenvalue weighted by Gasteiger charge is -2.60. The van der Waals surface area contributed by atoms with Gasteiger partial charge in [0, 0.05) is 37.3 Å². The van der Waals surface area contributed by atoms with Crippen LogP contribution in [-0.2, 0) is 11.2 Å². The molecule has 1 aromatic rings. The number of hydrogen-bond acceptors (Lipinski definition) is 4. The van der Waals surface area contributed by atoms with E-state index in [1.54, 1.807) is 0 Å². The van der Waals surface area contributed by atoms with E-state index in [9.17, 15) is 9.90 Å². The van der Waals surface area contributed by atoms with Crippen molar-refractivity contribution >= 4 is 5.78 Å². The van der Waals surface area contributed by atoms with Gasteiger partial charge in [-0.05, 0) is 123 Å². The first kappa shape index (κ1) is 26.9. The Morgan fingerprint density at radius 3 is 2.68 bits per heavy atom. The zero-order chi connectivity index (χ0) is 26.3. The monoisotopic (exact) mass is 520 g/mol. The van der Waals surface area contributed by atoms with Gasteiger partial charge >= 0.3 is 0 Å². The van der Waals surface area contributed by atoms with E-state index in [0.717, 1.165) is 56.8 Å². The normalized spacial score (nSPS) is 40.3. The minimum Gasteiger partial charge on any atom is -0.393 e. The van der Waals surface area contributed by atoms with E-state index in [0.29, 0.717) is 35.1 Å². The molecule has 2 N–H and O–H groups in total. The van der Waals surface area contributed by atoms with Crippen LogP contribution < -0.4 is 5.32 Å². The second kappa shape index (κ2) is 11.0. The van der Waals surface area contributed by atoms with Crippen LogP contribution in [0, 0.1) is 34.5 Å². The predicted octanol–water partition coefficient (Wildman–Crippen LogP) is 7.34. The molecular formula is C34H52N2O2. The Labute approximate surface area is 231 Å². The largest absolute Gasteiger partial charge is 0.393 e. The van der Waals surface area contributed by atoms with Gasteiger partial charge in [0.25, 0.3) is 0 Å². The van der Waals surface area contributed by atoms with Crippen molar-refractivity contribution in [2.75, 3.05) is 0 Å². The molecule has 0 saturated heterocycles. The van der Waals surface area contributed by atoms with E-state index in [2.05, 4.69) is 37.6 Å². The molecule has 0 spiro atoms. The minimum atomic E-state index is -0.153. The second-order valence-corrected chi connectivity index (χ2v) is 14.4. The first-order chi connectivity index (χ1) is 18.4. The van der Waals surface area contributed by atoms with Crippen LogP contribution >= 0.6 is 0 Å². The number of nitrogens with zero attached hydrogens (tertiary/aromatic N) is 1. The maximum absolute atomic E-state index is 12.3. The topological polar surface area (TPSA) is 62.2 Å². The van der Waals surface area contributed by atoms with E-state index in [-0.39, 0.29) is 11.5 Å². The summed E-state index contributed by atoms with van der Waals surface area (Å²) in [7, 11) is 0. The van der Waals surface area contributed by atoms with Gasteiger partial charge in [0.05, 0.1) is 6.10 Å². The Hall–Kier alpha value is -1.26. The number of ketones is 1. The van der Waals surface area contributed by atoms with Crippen LogP contribution in [-0.4, -0.2) is 28.0 Å². The van der Waals surface area contributed by atoms with Crippen LogP contribution in [0.4, 0.5) is 0 Å². The summed E-state index contributed by atoms with van der Waals surface area (Å²) >= 11 is 0. The summed E-state index contributed by atoms with van der Waals surface area (Å²) < 4.78 is 0. The number of aryl methyl sites for hydroxylation is 1. The number of aliphatic hydroxyl groups excluding tert-OH is 1. The first-order valence-electron chi connectivity index (χ1n) is 16.3. The quantitative estimate of drug-likeness (QED) is 0.395. The molecule has 6 rings (SSSR count). The summed E-state index contributed by atoms with van der Waals surface area (Å²) in [5, 5.41) is 15.4. The molecule has 0 amide bonds. The molecule has 1 aromatic heterocycles. The molecule has 0 bridgehead atoms. The number of carbonyl (C=O) groups excluding carboxylic acids is 1. The molecule has 5 fully saturated rings. The minimum absolute atomic E-state index is 0.0787. The number of nitrogens with one attached hydrogen (secondary N) is 1. The van der Waals surface area contributed by atoms with Crippen LogP contribution in [0.3, 0.4) is 0 Å². The Balaban J connectivity index is 1.16. The molecule has 5 unspecified atom stereocenters. The lowest BCUT2D eigenvalue weighted by atomic mass is 9.44. The molecule has 38 heavy (non-hydrogen) atoms. The van der Waals surface area contributed by atoms with Gasteiger partial charge in [0.2, 0.25) is 0 Å². The van der Waals surface area contributed by atoms with Crippen molar-refractivity contribution in [2.24, 2.45) is 34.5 Å². The third kappa shape index (κ3) is 4.80. The highest BCUT2D eigenvalue weighted by Gasteiger charge is 2.61. The number of hydrogen-bond donors (Lipinski definition) is 2. The maximum atomic E-state index is 12.3. The van der Waals surface area contributed by atoms with Crippen molar-refractivity contribution < 1.29 is 9.90 Å². The van der Waals surface area contributed by atoms with Crippen molar-refractivity contribution in [3.63, 3.8) is 0 Å². The SMILES string of the molecule is CCC(NC1CCCCC1)c1cncc(CC[C@]23CCC4C(CCC5CC(=O)CC[C@@]54C)C2CC[C@@H]3O)c1. The van der Waals surface area contributed by atoms with Crippen LogP contribution in [0.2, 0.25) is 0 Å². The third-order valence-corrected chi connectivity index (χ3v) is 12.7. The molecule has 5 aliphatic carbocycles. The summed E-state index contributed by atoms with van der Waals surface area (Å²) in [6.45, 7) is 4.82. The number of fused-ring (bicyclic) bond motifs is 5. The van der Waals surface area contributed by atoms with Gasteiger partial charge in [-0.25, -0.2) is 0 Å². The Morgan fingerprint density at radius 2 is 1.87 bits per heavy atom. The first-order valence-corrected chi connectivity index (χ1v) is 16.3. The van der Waals surface area contributed by atoms with Gasteiger partial charge < -0.3 is 10.4 Å². The molecular weight excluding hydrogens is 468 g/mol. The lowest BCUT2D eigenvalue weighted by molar-refractivity contribution is -0.144. The summed E-state index contributed by atoms with van der Waals surface area (Å²) in [6, 6.07) is 3.46. The van der Waals surface area contributed by atoms with E-state index in [4.69, 9.17) is 4.98 Å². The molecule has 0 radical (unpaired) electrons. The Morgan fingerprint density at radius 1 is 1.03 bits per heavy atom. The average Bonchev–Trinajstić information content (AvgIpc) is 3.28. The molecule has 4 nitrogen and oxygen atoms in total. The number of aliphatic hydroxyl groups is 1. The van der Waals surface area contributed by atoms with Crippen molar-refractivity contribution in [3.8, 4) is 0 Å². The number of Topliss-reactive ketones (excluding diaryl/α,β-unsaturated/α-hetero) is 1. The molecule has 210 valence electrons. The maximum Gasteiger partial charge on any atom is 0.133 e. The Bertz CT molecular complexity index is 988. The van der Waals surface area contributed by atoms with Crippen molar-refractivity contribution in [1.82, 2.24) is 10.3 Å². The smallest absolute Gasteiger partial charge is 0.133 e. The van der Waals surface area contributed by atoms with Crippen molar-refractivity contribution in [2.45, 2.75) is 141 Å². The summed E-state index contributed by atoms with van der Waals surface area (Å²) in [5.41, 5.74) is 3.12. The number of rotatable bonds is 7. The van der Waals surface area contributed by atoms with Crippen LogP contribution in [0.1, 0.15) is 134 Å². The molecule has 0 aliphatic heterocycles. The zero-order valence-corrected chi connectivity index (χ0v) is 24.1. The molecule has 8 atom stereocenters. The van der Waals surface area contributed by atoms with E-state index >= 15 is 0 Å². The standard InChI is InChI=1S/C34H52N2O2/c1-3-31(36-26-7-5-4-6-8-26)24-19-23(21-35-22-24)13-17-34-18-15-29-28(30(34)11-12-32(34)38)10-9-25-20-27(37)14-16-33(25,29)2/h19,21-22,25-26,28-32,36,38H,3-18,20H2,1-2H3/t25?,28?,29?,30?,31?,32-,33-,34-/m0/s1. The molecule has 5 saturated carbocycles. The van der Waals surface area contributed by atoms with E-state index in [1.807, 2.05) is 0 Å². The second-order valence-electron chi connectivity index (χ2n) is 14.4. The van der Waals surface area contributed by atoms with Crippen molar-refractivity contribution in [3.05, 3.63) is 29.6 Å². The number of carbonyl (C=O) groups is 1. The average molecular weight is 521 g/mol. The van der Waals surface area contributed by atoms with Gasteiger partial charge in [-0.1, -0.05) is 39.2 Å². The molecule has 0 aromatic carbocycles. The lowest BCUT2D eigenvalue weighted by Crippen LogP contribution is -2.54. The Kier molecular flexibility index (Phi) is 7.77. The molecule has 5 aliphatic rings. The van der Waals surface area contributed by atoms with Crippen LogP contribution in [0.15, 0.2) is 18.5 Å². The number of aromatic nitrogens is 1. The fraction of sp³-hybridized carbons (Fsp3) is 0.824. The van der Waals surface area contributed by atoms with E-state index in [1.165, 1.54) is 75.3 Å². The third-order valence-electron chi connectivity index (χ3n) is 12.7.